The van der Waals surface area contributed by atoms with Gasteiger partial charge in [-0.2, -0.15) is 26.3 Å². The van der Waals surface area contributed by atoms with Gasteiger partial charge >= 0.3 is 24.3 Å². The van der Waals surface area contributed by atoms with Crippen LogP contribution in [0.15, 0.2) is 97.1 Å². The highest BCUT2D eigenvalue weighted by atomic mass is 19.4. The van der Waals surface area contributed by atoms with Crippen LogP contribution in [0.3, 0.4) is 0 Å². The standard InChI is InChI=1S/C28H20F6O6/c29-27(30,31)25(23(35)36)13-9-21(10-14-25)39-19-5-1-17(2-6-19)18-3-7-20(8-4-18)40-22-11-15-26(16-12-22,24(37)38)28(32,33)34/h1-16,21-22H,(H,35,36)(H,37,38). The van der Waals surface area contributed by atoms with Crippen LogP contribution >= 0.6 is 0 Å². The van der Waals surface area contributed by atoms with Gasteiger partial charge in [-0.25, -0.2) is 0 Å². The zero-order chi connectivity index (χ0) is 29.3. The first-order valence-electron chi connectivity index (χ1n) is 11.6. The monoisotopic (exact) mass is 566 g/mol. The predicted molar refractivity (Wildman–Crippen MR) is 130 cm³/mol. The van der Waals surface area contributed by atoms with Crippen LogP contribution in [-0.4, -0.2) is 46.7 Å². The fraction of sp³-hybridized carbons (Fsp3) is 0.214. The third-order valence-corrected chi connectivity index (χ3v) is 6.43. The molecule has 2 aromatic carbocycles. The Bertz CT molecular complexity index is 1250. The Hall–Kier alpha value is -4.48. The average Bonchev–Trinajstić information content (AvgIpc) is 2.89. The van der Waals surface area contributed by atoms with Crippen LogP contribution < -0.4 is 9.47 Å². The van der Waals surface area contributed by atoms with Crippen molar-refractivity contribution in [3.8, 4) is 22.6 Å². The van der Waals surface area contributed by atoms with Crippen LogP contribution in [0.5, 0.6) is 11.5 Å². The molecule has 6 nitrogen and oxygen atoms in total. The summed E-state index contributed by atoms with van der Waals surface area (Å²) in [5, 5.41) is 18.1. The van der Waals surface area contributed by atoms with E-state index in [1.807, 2.05) is 0 Å². The molecule has 0 bridgehead atoms. The Balaban J connectivity index is 1.37. The molecule has 0 saturated carbocycles. The third kappa shape index (κ3) is 5.33. The summed E-state index contributed by atoms with van der Waals surface area (Å²) in [4.78, 5) is 22.5. The second-order valence-electron chi connectivity index (χ2n) is 8.99. The largest absolute Gasteiger partial charge is 0.482 e. The highest BCUT2D eigenvalue weighted by Crippen LogP contribution is 2.44. The lowest BCUT2D eigenvalue weighted by atomic mass is 9.83. The molecule has 0 unspecified atom stereocenters. The number of carboxylic acid groups (broad SMARTS) is 2. The molecular weight excluding hydrogens is 546 g/mol. The molecule has 12 heteroatoms. The molecule has 0 radical (unpaired) electrons. The van der Waals surface area contributed by atoms with E-state index >= 15 is 0 Å². The van der Waals surface area contributed by atoms with E-state index in [0.29, 0.717) is 35.8 Å². The summed E-state index contributed by atoms with van der Waals surface area (Å²) in [6.45, 7) is 0. The average molecular weight is 566 g/mol. The van der Waals surface area contributed by atoms with Crippen molar-refractivity contribution < 1.29 is 55.6 Å². The SMILES string of the molecule is O=C(O)C1(C(F)(F)F)C=CC(Oc2ccc(-c3ccc(OC4C=CC(C(=O)O)(C(F)(F)F)C=C4)cc3)cc2)C=C1. The predicted octanol–water partition coefficient (Wildman–Crippen LogP) is 6.37. The lowest BCUT2D eigenvalue weighted by molar-refractivity contribution is -0.206. The molecular formula is C28H20F6O6. The van der Waals surface area contributed by atoms with Gasteiger partial charge in [-0.1, -0.05) is 48.6 Å². The number of carbonyl (C=O) groups is 2. The highest BCUT2D eigenvalue weighted by molar-refractivity contribution is 5.82. The number of aliphatic carboxylic acids is 2. The lowest BCUT2D eigenvalue weighted by Gasteiger charge is -2.29. The van der Waals surface area contributed by atoms with Crippen molar-refractivity contribution in [3.63, 3.8) is 0 Å². The molecule has 0 aliphatic heterocycles. The first-order chi connectivity index (χ1) is 18.7. The van der Waals surface area contributed by atoms with E-state index < -0.39 is 47.3 Å². The Kier molecular flexibility index (Phi) is 7.31. The molecule has 210 valence electrons. The minimum atomic E-state index is -5.01. The number of ether oxygens (including phenoxy) is 2. The van der Waals surface area contributed by atoms with Crippen LogP contribution in [0, 0.1) is 10.8 Å². The maximum Gasteiger partial charge on any atom is 0.411 e. The summed E-state index contributed by atoms with van der Waals surface area (Å²) in [6.07, 6.45) is -5.54. The van der Waals surface area contributed by atoms with E-state index in [2.05, 4.69) is 0 Å². The van der Waals surface area contributed by atoms with Crippen molar-refractivity contribution in [1.82, 2.24) is 0 Å². The Morgan fingerprint density at radius 1 is 0.575 bits per heavy atom. The molecule has 0 saturated heterocycles. The van der Waals surface area contributed by atoms with Crippen LogP contribution in [0.4, 0.5) is 26.3 Å². The molecule has 4 rings (SSSR count). The second-order valence-corrected chi connectivity index (χ2v) is 8.99. The Labute approximate surface area is 223 Å². The molecule has 40 heavy (non-hydrogen) atoms. The van der Waals surface area contributed by atoms with Gasteiger partial charge in [-0.3, -0.25) is 9.59 Å². The van der Waals surface area contributed by atoms with Gasteiger partial charge in [0.15, 0.2) is 10.8 Å². The molecule has 2 aliphatic carbocycles. The molecule has 2 N–H and O–H groups in total. The zero-order valence-electron chi connectivity index (χ0n) is 20.2. The van der Waals surface area contributed by atoms with E-state index in [1.54, 1.807) is 48.5 Å². The van der Waals surface area contributed by atoms with E-state index in [0.717, 1.165) is 35.4 Å². The minimum Gasteiger partial charge on any atom is -0.482 e. The quantitative estimate of drug-likeness (QED) is 0.299. The number of carboxylic acids is 2. The third-order valence-electron chi connectivity index (χ3n) is 6.43. The van der Waals surface area contributed by atoms with Crippen LogP contribution in [0.25, 0.3) is 11.1 Å². The van der Waals surface area contributed by atoms with Crippen LogP contribution in [0.1, 0.15) is 0 Å². The zero-order valence-corrected chi connectivity index (χ0v) is 20.2. The number of halogens is 6. The number of hydrogen-bond donors (Lipinski definition) is 2. The second kappa shape index (κ2) is 10.2. The van der Waals surface area contributed by atoms with Crippen LogP contribution in [-0.2, 0) is 9.59 Å². The normalized spacial score (nSPS) is 25.9. The summed E-state index contributed by atoms with van der Waals surface area (Å²) < 4.78 is 90.7. The van der Waals surface area contributed by atoms with Crippen molar-refractivity contribution >= 4 is 11.9 Å². The molecule has 0 fully saturated rings. The summed E-state index contributed by atoms with van der Waals surface area (Å²) in [5.41, 5.74) is -4.74. The number of alkyl halides is 6. The smallest absolute Gasteiger partial charge is 0.411 e. The molecule has 2 aromatic rings. The summed E-state index contributed by atoms with van der Waals surface area (Å²) >= 11 is 0. The van der Waals surface area contributed by atoms with Crippen molar-refractivity contribution in [1.29, 1.82) is 0 Å². The summed E-state index contributed by atoms with van der Waals surface area (Å²) in [7, 11) is 0. The number of rotatable bonds is 7. The van der Waals surface area contributed by atoms with E-state index in [4.69, 9.17) is 19.7 Å². The van der Waals surface area contributed by atoms with Crippen LogP contribution in [0.2, 0.25) is 0 Å². The van der Waals surface area contributed by atoms with Crippen molar-refractivity contribution in [2.75, 3.05) is 0 Å². The van der Waals surface area contributed by atoms with Gasteiger partial charge in [0.1, 0.15) is 23.7 Å². The molecule has 0 atom stereocenters. The van der Waals surface area contributed by atoms with Gasteiger partial charge in [0, 0.05) is 0 Å². The summed E-state index contributed by atoms with van der Waals surface area (Å²) in [6, 6.07) is 13.1. The Morgan fingerprint density at radius 2 is 0.850 bits per heavy atom. The topological polar surface area (TPSA) is 93.1 Å². The van der Waals surface area contributed by atoms with E-state index in [1.165, 1.54) is 0 Å². The maximum atomic E-state index is 13.2. The molecule has 0 heterocycles. The van der Waals surface area contributed by atoms with Gasteiger partial charge < -0.3 is 19.7 Å². The first-order valence-corrected chi connectivity index (χ1v) is 11.6. The summed E-state index contributed by atoms with van der Waals surface area (Å²) in [5.74, 6) is -3.44. The molecule has 0 aromatic heterocycles. The van der Waals surface area contributed by atoms with E-state index in [-0.39, 0.29) is 0 Å². The fourth-order valence-electron chi connectivity index (χ4n) is 4.05. The minimum absolute atomic E-state index is 0.324. The van der Waals surface area contributed by atoms with Gasteiger partial charge in [-0.05, 0) is 59.7 Å². The Morgan fingerprint density at radius 3 is 1.07 bits per heavy atom. The molecule has 0 amide bonds. The first kappa shape index (κ1) is 28.5. The fourth-order valence-corrected chi connectivity index (χ4v) is 4.05. The van der Waals surface area contributed by atoms with Crippen molar-refractivity contribution in [3.05, 3.63) is 97.1 Å². The van der Waals surface area contributed by atoms with Crippen molar-refractivity contribution in [2.45, 2.75) is 24.6 Å². The highest BCUT2D eigenvalue weighted by Gasteiger charge is 2.59. The van der Waals surface area contributed by atoms with E-state index in [9.17, 15) is 35.9 Å². The number of hydrogen-bond acceptors (Lipinski definition) is 4. The lowest BCUT2D eigenvalue weighted by Crippen LogP contribution is -2.43. The van der Waals surface area contributed by atoms with Gasteiger partial charge in [-0.15, -0.1) is 0 Å². The van der Waals surface area contributed by atoms with Crippen molar-refractivity contribution in [2.24, 2.45) is 10.8 Å². The van der Waals surface area contributed by atoms with Gasteiger partial charge in [0.2, 0.25) is 0 Å². The van der Waals surface area contributed by atoms with Gasteiger partial charge in [0.25, 0.3) is 0 Å². The maximum absolute atomic E-state index is 13.2. The molecule has 0 spiro atoms. The molecule has 2 aliphatic rings. The number of benzene rings is 2. The van der Waals surface area contributed by atoms with Gasteiger partial charge in [0.05, 0.1) is 0 Å².